The van der Waals surface area contributed by atoms with Crippen LogP contribution >= 0.6 is 0 Å². The Labute approximate surface area is 102 Å². The molecule has 0 spiro atoms. The van der Waals surface area contributed by atoms with Gasteiger partial charge in [-0.15, -0.1) is 0 Å². The summed E-state index contributed by atoms with van der Waals surface area (Å²) in [5.41, 5.74) is 0. The molecule has 2 atom stereocenters. The molecule has 2 aliphatic heterocycles. The SMILES string of the molecule is CN1CCC(NC(=O)CCC2CCCN2)C1=O. The van der Waals surface area contributed by atoms with Crippen molar-refractivity contribution in [1.29, 1.82) is 0 Å². The van der Waals surface area contributed by atoms with Gasteiger partial charge in [0, 0.05) is 26.1 Å². The van der Waals surface area contributed by atoms with E-state index >= 15 is 0 Å². The van der Waals surface area contributed by atoms with Gasteiger partial charge in [0.1, 0.15) is 6.04 Å². The van der Waals surface area contributed by atoms with E-state index in [0.29, 0.717) is 12.5 Å². The number of amides is 2. The van der Waals surface area contributed by atoms with Gasteiger partial charge in [0.2, 0.25) is 11.8 Å². The van der Waals surface area contributed by atoms with Crippen LogP contribution in [0.4, 0.5) is 0 Å². The quantitative estimate of drug-likeness (QED) is 0.718. The van der Waals surface area contributed by atoms with Gasteiger partial charge in [0.15, 0.2) is 0 Å². The lowest BCUT2D eigenvalue weighted by Gasteiger charge is -2.13. The number of carbonyl (C=O) groups excluding carboxylic acids is 2. The predicted octanol–water partition coefficient (Wildman–Crippen LogP) is -0.134. The molecule has 96 valence electrons. The smallest absolute Gasteiger partial charge is 0.244 e. The summed E-state index contributed by atoms with van der Waals surface area (Å²) in [6, 6.07) is 0.201. The molecule has 2 aliphatic rings. The molecule has 2 fully saturated rings. The maximum Gasteiger partial charge on any atom is 0.244 e. The van der Waals surface area contributed by atoms with E-state index in [1.54, 1.807) is 11.9 Å². The molecule has 2 amide bonds. The van der Waals surface area contributed by atoms with Crippen molar-refractivity contribution in [2.75, 3.05) is 20.1 Å². The normalized spacial score (nSPS) is 28.8. The Hall–Kier alpha value is -1.10. The third kappa shape index (κ3) is 3.19. The monoisotopic (exact) mass is 239 g/mol. The number of nitrogens with zero attached hydrogens (tertiary/aromatic N) is 1. The summed E-state index contributed by atoms with van der Waals surface area (Å²) in [6.45, 7) is 1.81. The molecule has 2 heterocycles. The summed E-state index contributed by atoms with van der Waals surface area (Å²) >= 11 is 0. The van der Waals surface area contributed by atoms with Gasteiger partial charge < -0.3 is 15.5 Å². The molecule has 2 rings (SSSR count). The molecular formula is C12H21N3O2. The van der Waals surface area contributed by atoms with E-state index in [-0.39, 0.29) is 17.9 Å². The summed E-state index contributed by atoms with van der Waals surface area (Å²) in [5.74, 6) is 0.0460. The zero-order chi connectivity index (χ0) is 12.3. The van der Waals surface area contributed by atoms with Crippen LogP contribution in [-0.2, 0) is 9.59 Å². The largest absolute Gasteiger partial charge is 0.344 e. The molecule has 17 heavy (non-hydrogen) atoms. The lowest BCUT2D eigenvalue weighted by Crippen LogP contribution is -2.40. The summed E-state index contributed by atoms with van der Waals surface area (Å²) in [5, 5.41) is 6.19. The van der Waals surface area contributed by atoms with Crippen molar-refractivity contribution in [3.05, 3.63) is 0 Å². The summed E-state index contributed by atoms with van der Waals surface area (Å²) in [6.07, 6.45) is 4.51. The number of hydrogen-bond donors (Lipinski definition) is 2. The first-order valence-electron chi connectivity index (χ1n) is 6.44. The van der Waals surface area contributed by atoms with Crippen molar-refractivity contribution < 1.29 is 9.59 Å². The molecule has 0 aliphatic carbocycles. The van der Waals surface area contributed by atoms with E-state index in [2.05, 4.69) is 10.6 Å². The van der Waals surface area contributed by atoms with Crippen LogP contribution in [0.5, 0.6) is 0 Å². The molecule has 0 bridgehead atoms. The number of likely N-dealkylation sites (N-methyl/N-ethyl adjacent to an activating group) is 1. The van der Waals surface area contributed by atoms with Gasteiger partial charge >= 0.3 is 0 Å². The maximum absolute atomic E-state index is 11.7. The van der Waals surface area contributed by atoms with Crippen LogP contribution in [0, 0.1) is 0 Å². The van der Waals surface area contributed by atoms with Gasteiger partial charge in [-0.25, -0.2) is 0 Å². The predicted molar refractivity (Wildman–Crippen MR) is 64.4 cm³/mol. The highest BCUT2D eigenvalue weighted by molar-refractivity contribution is 5.88. The first-order chi connectivity index (χ1) is 8.16. The van der Waals surface area contributed by atoms with Gasteiger partial charge in [-0.1, -0.05) is 0 Å². The Balaban J connectivity index is 1.68. The zero-order valence-corrected chi connectivity index (χ0v) is 10.4. The fourth-order valence-corrected chi connectivity index (χ4v) is 2.53. The highest BCUT2D eigenvalue weighted by Crippen LogP contribution is 2.12. The fraction of sp³-hybridized carbons (Fsp3) is 0.833. The van der Waals surface area contributed by atoms with Gasteiger partial charge in [0.25, 0.3) is 0 Å². The van der Waals surface area contributed by atoms with Crippen LogP contribution in [0.25, 0.3) is 0 Å². The summed E-state index contributed by atoms with van der Waals surface area (Å²) in [7, 11) is 1.77. The molecule has 5 nitrogen and oxygen atoms in total. The fourth-order valence-electron chi connectivity index (χ4n) is 2.53. The van der Waals surface area contributed by atoms with E-state index in [4.69, 9.17) is 0 Å². The molecule has 0 aromatic rings. The first kappa shape index (κ1) is 12.4. The average molecular weight is 239 g/mol. The molecule has 0 aromatic carbocycles. The molecule has 2 N–H and O–H groups in total. The van der Waals surface area contributed by atoms with E-state index in [1.165, 1.54) is 12.8 Å². The molecule has 0 radical (unpaired) electrons. The second-order valence-corrected chi connectivity index (χ2v) is 5.00. The van der Waals surface area contributed by atoms with Crippen molar-refractivity contribution >= 4 is 11.8 Å². The Morgan fingerprint density at radius 3 is 2.94 bits per heavy atom. The van der Waals surface area contributed by atoms with Crippen LogP contribution in [0.1, 0.15) is 32.1 Å². The van der Waals surface area contributed by atoms with E-state index in [0.717, 1.165) is 25.9 Å². The highest BCUT2D eigenvalue weighted by atomic mass is 16.2. The molecule has 2 unspecified atom stereocenters. The van der Waals surface area contributed by atoms with Crippen LogP contribution in [0.15, 0.2) is 0 Å². The number of nitrogens with one attached hydrogen (secondary N) is 2. The molecule has 0 saturated carbocycles. The summed E-state index contributed by atoms with van der Waals surface area (Å²) in [4.78, 5) is 25.0. The topological polar surface area (TPSA) is 61.4 Å². The van der Waals surface area contributed by atoms with Gasteiger partial charge in [-0.2, -0.15) is 0 Å². The lowest BCUT2D eigenvalue weighted by molar-refractivity contribution is -0.131. The lowest BCUT2D eigenvalue weighted by atomic mass is 10.1. The Kier molecular flexibility index (Phi) is 3.99. The van der Waals surface area contributed by atoms with Gasteiger partial charge in [0.05, 0.1) is 0 Å². The van der Waals surface area contributed by atoms with Gasteiger partial charge in [-0.05, 0) is 32.2 Å². The third-order valence-corrected chi connectivity index (χ3v) is 3.64. The molecule has 2 saturated heterocycles. The van der Waals surface area contributed by atoms with Crippen LogP contribution in [-0.4, -0.2) is 48.9 Å². The number of rotatable bonds is 4. The average Bonchev–Trinajstić information content (AvgIpc) is 2.92. The van der Waals surface area contributed by atoms with Crippen molar-refractivity contribution in [1.82, 2.24) is 15.5 Å². The second kappa shape index (κ2) is 5.49. The maximum atomic E-state index is 11.7. The number of hydrogen-bond acceptors (Lipinski definition) is 3. The van der Waals surface area contributed by atoms with E-state index in [9.17, 15) is 9.59 Å². The standard InChI is InChI=1S/C12H21N3O2/c1-15-8-6-10(12(15)17)14-11(16)5-4-9-3-2-7-13-9/h9-10,13H,2-8H2,1H3,(H,14,16). The molecule has 0 aromatic heterocycles. The number of likely N-dealkylation sites (tertiary alicyclic amines) is 1. The minimum Gasteiger partial charge on any atom is -0.344 e. The van der Waals surface area contributed by atoms with Gasteiger partial charge in [-0.3, -0.25) is 9.59 Å². The van der Waals surface area contributed by atoms with Crippen LogP contribution in [0.2, 0.25) is 0 Å². The highest BCUT2D eigenvalue weighted by Gasteiger charge is 2.30. The molecular weight excluding hydrogens is 218 g/mol. The minimum absolute atomic E-state index is 0.00681. The number of carbonyl (C=O) groups is 2. The second-order valence-electron chi connectivity index (χ2n) is 5.00. The molecule has 5 heteroatoms. The van der Waals surface area contributed by atoms with E-state index in [1.807, 2.05) is 0 Å². The Morgan fingerprint density at radius 2 is 2.35 bits per heavy atom. The summed E-state index contributed by atoms with van der Waals surface area (Å²) < 4.78 is 0. The van der Waals surface area contributed by atoms with Crippen LogP contribution < -0.4 is 10.6 Å². The Bertz CT molecular complexity index is 300. The van der Waals surface area contributed by atoms with Crippen molar-refractivity contribution in [3.8, 4) is 0 Å². The zero-order valence-electron chi connectivity index (χ0n) is 10.4. The van der Waals surface area contributed by atoms with E-state index < -0.39 is 0 Å². The Morgan fingerprint density at radius 1 is 1.53 bits per heavy atom. The van der Waals surface area contributed by atoms with Crippen molar-refractivity contribution in [2.24, 2.45) is 0 Å². The third-order valence-electron chi connectivity index (χ3n) is 3.64. The van der Waals surface area contributed by atoms with Crippen molar-refractivity contribution in [2.45, 2.75) is 44.2 Å². The minimum atomic E-state index is -0.288. The first-order valence-corrected chi connectivity index (χ1v) is 6.44. The van der Waals surface area contributed by atoms with Crippen molar-refractivity contribution in [3.63, 3.8) is 0 Å². The van der Waals surface area contributed by atoms with Crippen LogP contribution in [0.3, 0.4) is 0 Å².